The monoisotopic (exact) mass is 377 g/mol. The molecule has 1 amide bonds. The number of nitrogens with one attached hydrogen (secondary N) is 1. The minimum Gasteiger partial charge on any atom is -0.353 e. The summed E-state index contributed by atoms with van der Waals surface area (Å²) in [4.78, 5) is 12.6. The van der Waals surface area contributed by atoms with E-state index >= 15 is 0 Å². The summed E-state index contributed by atoms with van der Waals surface area (Å²) in [6.07, 6.45) is 6.46. The molecular weight excluding hydrogens is 350 g/mol. The second-order valence-electron chi connectivity index (χ2n) is 7.86. The molecule has 24 heavy (non-hydrogen) atoms. The van der Waals surface area contributed by atoms with Crippen molar-refractivity contribution in [2.75, 3.05) is 13.1 Å². The molecule has 3 N–H and O–H groups in total. The molecule has 0 radical (unpaired) electrons. The molecule has 6 nitrogen and oxygen atoms in total. The molecule has 4 atom stereocenters. The molecule has 1 saturated heterocycles. The molecule has 4 fully saturated rings. The zero-order valence-corrected chi connectivity index (χ0v) is 15.5. The van der Waals surface area contributed by atoms with Gasteiger partial charge in [0.05, 0.1) is 11.2 Å². The molecule has 1 heterocycles. The first-order chi connectivity index (χ1) is 11.0. The molecule has 3 saturated carbocycles. The van der Waals surface area contributed by atoms with Crippen molar-refractivity contribution in [3.63, 3.8) is 0 Å². The van der Waals surface area contributed by atoms with E-state index in [0.29, 0.717) is 37.8 Å². The highest BCUT2D eigenvalue weighted by molar-refractivity contribution is 7.90. The number of nitrogens with two attached hydrogens (primary N) is 1. The fourth-order valence-corrected chi connectivity index (χ4v) is 6.73. The van der Waals surface area contributed by atoms with Gasteiger partial charge in [0.2, 0.25) is 15.9 Å². The Hall–Kier alpha value is -0.370. The molecule has 0 spiro atoms. The van der Waals surface area contributed by atoms with Crippen LogP contribution >= 0.6 is 12.4 Å². The summed E-state index contributed by atoms with van der Waals surface area (Å²) in [6, 6.07) is 0.114. The van der Waals surface area contributed by atoms with Crippen LogP contribution in [0.25, 0.3) is 0 Å². The number of hydrogen-bond acceptors (Lipinski definition) is 4. The first kappa shape index (κ1) is 18.4. The number of sulfonamides is 1. The molecule has 1 aliphatic heterocycles. The first-order valence-electron chi connectivity index (χ1n) is 9.01. The third kappa shape index (κ3) is 3.20. The Balaban J connectivity index is 0.00000169. The maximum absolute atomic E-state index is 12.6. The molecule has 3 aliphatic carbocycles. The minimum absolute atomic E-state index is 0. The summed E-state index contributed by atoms with van der Waals surface area (Å²) in [5.41, 5.74) is 6.24. The van der Waals surface area contributed by atoms with Crippen molar-refractivity contribution in [1.82, 2.24) is 9.62 Å². The van der Waals surface area contributed by atoms with Gasteiger partial charge in [-0.2, -0.15) is 0 Å². The average Bonchev–Trinajstić information content (AvgIpc) is 3.22. The number of fused-ring (bicyclic) bond motifs is 2. The summed E-state index contributed by atoms with van der Waals surface area (Å²) >= 11 is 0. The van der Waals surface area contributed by atoms with E-state index < -0.39 is 10.0 Å². The van der Waals surface area contributed by atoms with E-state index in [4.69, 9.17) is 5.73 Å². The topological polar surface area (TPSA) is 92.5 Å². The number of halogens is 1. The van der Waals surface area contributed by atoms with Crippen LogP contribution in [0.2, 0.25) is 0 Å². The highest BCUT2D eigenvalue weighted by atomic mass is 35.5. The zero-order valence-electron chi connectivity index (χ0n) is 13.9. The number of rotatable bonds is 4. The zero-order chi connectivity index (χ0) is 16.2. The van der Waals surface area contributed by atoms with E-state index in [1.807, 2.05) is 0 Å². The van der Waals surface area contributed by atoms with E-state index in [9.17, 15) is 13.2 Å². The predicted octanol–water partition coefficient (Wildman–Crippen LogP) is 0.854. The number of hydrogen-bond donors (Lipinski definition) is 2. The van der Waals surface area contributed by atoms with Crippen molar-refractivity contribution in [3.05, 3.63) is 0 Å². The Labute approximate surface area is 150 Å². The third-order valence-electron chi connectivity index (χ3n) is 6.39. The van der Waals surface area contributed by atoms with Gasteiger partial charge in [0.15, 0.2) is 0 Å². The molecule has 8 heteroatoms. The highest BCUT2D eigenvalue weighted by Crippen LogP contribution is 2.47. The fraction of sp³-hybridized carbons (Fsp3) is 0.938. The van der Waals surface area contributed by atoms with Gasteiger partial charge in [-0.05, 0) is 56.8 Å². The van der Waals surface area contributed by atoms with Crippen LogP contribution in [0.15, 0.2) is 0 Å². The largest absolute Gasteiger partial charge is 0.353 e. The average molecular weight is 378 g/mol. The molecule has 2 bridgehead atoms. The second-order valence-corrected chi connectivity index (χ2v) is 10.1. The number of piperidine rings is 1. The van der Waals surface area contributed by atoms with Gasteiger partial charge >= 0.3 is 0 Å². The molecule has 0 aromatic carbocycles. The maximum atomic E-state index is 12.6. The molecule has 4 unspecified atom stereocenters. The standard InChI is InChI=1S/C16H27N3O3S.ClH/c17-15-11-2-1-10(9-11)14(15)16(20)18-12-5-7-19(8-6-12)23(21,22)13-3-4-13;/h10-15H,1-9,17H2,(H,18,20);1H. The van der Waals surface area contributed by atoms with Crippen molar-refractivity contribution in [1.29, 1.82) is 0 Å². The first-order valence-corrected chi connectivity index (χ1v) is 10.5. The van der Waals surface area contributed by atoms with Crippen LogP contribution in [-0.4, -0.2) is 49.1 Å². The quantitative estimate of drug-likeness (QED) is 0.759. The lowest BCUT2D eigenvalue weighted by Crippen LogP contribution is -2.51. The van der Waals surface area contributed by atoms with E-state index in [-0.39, 0.29) is 41.6 Å². The van der Waals surface area contributed by atoms with Crippen LogP contribution in [0.5, 0.6) is 0 Å². The molecule has 138 valence electrons. The van der Waals surface area contributed by atoms with E-state index in [1.54, 1.807) is 4.31 Å². The molecule has 4 rings (SSSR count). The lowest BCUT2D eigenvalue weighted by Gasteiger charge is -2.34. The highest BCUT2D eigenvalue weighted by Gasteiger charge is 2.49. The van der Waals surface area contributed by atoms with Crippen molar-refractivity contribution in [2.45, 2.75) is 62.3 Å². The Morgan fingerprint density at radius 3 is 2.17 bits per heavy atom. The lowest BCUT2D eigenvalue weighted by atomic mass is 9.84. The summed E-state index contributed by atoms with van der Waals surface area (Å²) in [7, 11) is -3.07. The van der Waals surface area contributed by atoms with Crippen molar-refractivity contribution in [2.24, 2.45) is 23.5 Å². The predicted molar refractivity (Wildman–Crippen MR) is 94.2 cm³/mol. The summed E-state index contributed by atoms with van der Waals surface area (Å²) < 4.78 is 26.1. The van der Waals surface area contributed by atoms with Gasteiger partial charge in [-0.15, -0.1) is 12.4 Å². The number of carbonyl (C=O) groups excluding carboxylic acids is 1. The smallest absolute Gasteiger partial charge is 0.225 e. The van der Waals surface area contributed by atoms with Crippen LogP contribution in [-0.2, 0) is 14.8 Å². The molecule has 0 aromatic heterocycles. The van der Waals surface area contributed by atoms with Crippen LogP contribution in [0.4, 0.5) is 0 Å². The van der Waals surface area contributed by atoms with Crippen molar-refractivity contribution >= 4 is 28.3 Å². The minimum atomic E-state index is -3.07. The Morgan fingerprint density at radius 2 is 1.62 bits per heavy atom. The molecule has 4 aliphatic rings. The van der Waals surface area contributed by atoms with Crippen LogP contribution in [0.1, 0.15) is 44.9 Å². The molecular formula is C16H28ClN3O3S. The van der Waals surface area contributed by atoms with Crippen LogP contribution in [0.3, 0.4) is 0 Å². The number of amides is 1. The van der Waals surface area contributed by atoms with Gasteiger partial charge in [-0.1, -0.05) is 0 Å². The van der Waals surface area contributed by atoms with Gasteiger partial charge in [-0.25, -0.2) is 12.7 Å². The van der Waals surface area contributed by atoms with Gasteiger partial charge in [0, 0.05) is 25.2 Å². The Morgan fingerprint density at radius 1 is 1.00 bits per heavy atom. The van der Waals surface area contributed by atoms with Gasteiger partial charge in [0.1, 0.15) is 0 Å². The molecule has 0 aromatic rings. The van der Waals surface area contributed by atoms with Gasteiger partial charge in [-0.3, -0.25) is 4.79 Å². The van der Waals surface area contributed by atoms with Crippen LogP contribution in [0, 0.1) is 17.8 Å². The summed E-state index contributed by atoms with van der Waals surface area (Å²) in [6.45, 7) is 1.07. The summed E-state index contributed by atoms with van der Waals surface area (Å²) in [5, 5.41) is 3.01. The Kier molecular flexibility index (Phi) is 5.17. The van der Waals surface area contributed by atoms with Crippen LogP contribution < -0.4 is 11.1 Å². The fourth-order valence-electron chi connectivity index (χ4n) is 4.85. The van der Waals surface area contributed by atoms with E-state index in [1.165, 1.54) is 6.42 Å². The normalized spacial score (nSPS) is 37.2. The summed E-state index contributed by atoms with van der Waals surface area (Å²) in [5.74, 6) is 1.07. The Bertz CT molecular complexity index is 585. The SMILES string of the molecule is Cl.NC1C2CCC(C2)C1C(=O)NC1CCN(S(=O)(=O)C2CC2)CC1. The van der Waals surface area contributed by atoms with Gasteiger partial charge in [0.25, 0.3) is 0 Å². The van der Waals surface area contributed by atoms with Crippen molar-refractivity contribution < 1.29 is 13.2 Å². The third-order valence-corrected chi connectivity index (χ3v) is 8.79. The lowest BCUT2D eigenvalue weighted by molar-refractivity contribution is -0.128. The maximum Gasteiger partial charge on any atom is 0.225 e. The number of carbonyl (C=O) groups is 1. The van der Waals surface area contributed by atoms with Gasteiger partial charge < -0.3 is 11.1 Å². The van der Waals surface area contributed by atoms with E-state index in [2.05, 4.69) is 5.32 Å². The van der Waals surface area contributed by atoms with Crippen molar-refractivity contribution in [3.8, 4) is 0 Å². The number of nitrogens with zero attached hydrogens (tertiary/aromatic N) is 1. The van der Waals surface area contributed by atoms with E-state index in [0.717, 1.165) is 25.7 Å². The second kappa shape index (κ2) is 6.74.